The molecule has 4 aromatic carbocycles. The third kappa shape index (κ3) is 6.05. The fourth-order valence-corrected chi connectivity index (χ4v) is 6.15. The average Bonchev–Trinajstić information content (AvgIpc) is 3.49. The molecule has 0 saturated carbocycles. The third-order valence-electron chi connectivity index (χ3n) is 8.37. The molecule has 9 nitrogen and oxygen atoms in total. The number of hydrogen-bond donors (Lipinski definition) is 2. The van der Waals surface area contributed by atoms with E-state index in [9.17, 15) is 15.0 Å². The minimum Gasteiger partial charge on any atom is -0.508 e. The number of phenolic OH excluding ortho intramolecular Hbond substituents is 1. The molecule has 0 unspecified atom stereocenters. The lowest BCUT2D eigenvalue weighted by Gasteiger charge is -2.45. The van der Waals surface area contributed by atoms with E-state index in [2.05, 4.69) is 69.5 Å². The summed E-state index contributed by atoms with van der Waals surface area (Å²) in [6, 6.07) is 29.9. The van der Waals surface area contributed by atoms with Gasteiger partial charge in [-0.2, -0.15) is 4.68 Å². The Labute approximate surface area is 257 Å². The summed E-state index contributed by atoms with van der Waals surface area (Å²) in [4.78, 5) is 16.9. The fraction of sp³-hybridized carbons (Fsp3) is 0.257. The first-order chi connectivity index (χ1) is 21.3. The van der Waals surface area contributed by atoms with E-state index in [0.29, 0.717) is 24.0 Å². The Kier molecular flexibility index (Phi) is 8.13. The van der Waals surface area contributed by atoms with Crippen molar-refractivity contribution in [3.63, 3.8) is 0 Å². The van der Waals surface area contributed by atoms with Gasteiger partial charge in [0, 0.05) is 49.0 Å². The molecule has 2 N–H and O–H groups in total. The monoisotopic (exact) mass is 588 g/mol. The molecule has 0 amide bonds. The maximum absolute atomic E-state index is 12.0. The number of hydrogen-bond acceptors (Lipinski definition) is 7. The summed E-state index contributed by atoms with van der Waals surface area (Å²) < 4.78 is 1.49. The Morgan fingerprint density at radius 2 is 1.66 bits per heavy atom. The number of aromatic carboxylic acids is 1. The number of anilines is 1. The molecule has 44 heavy (non-hydrogen) atoms. The van der Waals surface area contributed by atoms with Gasteiger partial charge in [0.1, 0.15) is 5.75 Å². The topological polar surface area (TPSA) is 108 Å². The number of carboxylic acid groups (broad SMARTS) is 1. The number of aromatic nitrogens is 4. The summed E-state index contributed by atoms with van der Waals surface area (Å²) in [5, 5.41) is 33.0. The number of aryl methyl sites for hydroxylation is 1. The summed E-state index contributed by atoms with van der Waals surface area (Å²) in [6.07, 6.45) is 0.530. The molecule has 2 heterocycles. The Hall–Kier alpha value is -5.02. The Balaban J connectivity index is 1.28. The molecular formula is C35H36N6O3. The third-order valence-corrected chi connectivity index (χ3v) is 8.37. The maximum Gasteiger partial charge on any atom is 0.337 e. The van der Waals surface area contributed by atoms with Crippen LogP contribution in [0.4, 0.5) is 5.69 Å². The summed E-state index contributed by atoms with van der Waals surface area (Å²) in [7, 11) is 0. The van der Waals surface area contributed by atoms with Crippen LogP contribution in [0.1, 0.15) is 46.5 Å². The van der Waals surface area contributed by atoms with Gasteiger partial charge < -0.3 is 15.1 Å². The van der Waals surface area contributed by atoms with Crippen LogP contribution in [0.5, 0.6) is 5.75 Å². The Bertz CT molecular complexity index is 1790. The van der Waals surface area contributed by atoms with Crippen molar-refractivity contribution in [1.29, 1.82) is 0 Å². The maximum atomic E-state index is 12.0. The molecule has 1 fully saturated rings. The lowest BCUT2D eigenvalue weighted by molar-refractivity contribution is 0.0696. The fourth-order valence-electron chi connectivity index (χ4n) is 6.15. The molecule has 1 aromatic heterocycles. The first-order valence-corrected chi connectivity index (χ1v) is 14.9. The van der Waals surface area contributed by atoms with E-state index in [-0.39, 0.29) is 17.4 Å². The van der Waals surface area contributed by atoms with Crippen molar-refractivity contribution in [3.05, 3.63) is 119 Å². The normalized spacial score (nSPS) is 17.1. The van der Waals surface area contributed by atoms with E-state index in [4.69, 9.17) is 0 Å². The average molecular weight is 589 g/mol. The summed E-state index contributed by atoms with van der Waals surface area (Å²) >= 11 is 0. The number of piperazine rings is 1. The van der Waals surface area contributed by atoms with Crippen LogP contribution in [-0.2, 0) is 13.0 Å². The molecule has 0 aliphatic carbocycles. The predicted octanol–water partition coefficient (Wildman–Crippen LogP) is 5.73. The molecule has 1 saturated heterocycles. The molecule has 224 valence electrons. The van der Waals surface area contributed by atoms with Crippen molar-refractivity contribution in [2.24, 2.45) is 0 Å². The number of carboxylic acids is 1. The second-order valence-electron chi connectivity index (χ2n) is 11.7. The van der Waals surface area contributed by atoms with E-state index in [1.807, 2.05) is 43.3 Å². The first kappa shape index (κ1) is 29.1. The smallest absolute Gasteiger partial charge is 0.337 e. The highest BCUT2D eigenvalue weighted by atomic mass is 16.4. The van der Waals surface area contributed by atoms with Crippen molar-refractivity contribution in [2.45, 2.75) is 45.8 Å². The van der Waals surface area contributed by atoms with Crippen molar-refractivity contribution >= 4 is 11.7 Å². The van der Waals surface area contributed by atoms with Crippen molar-refractivity contribution in [2.75, 3.05) is 18.0 Å². The lowest BCUT2D eigenvalue weighted by atomic mass is 9.97. The number of benzene rings is 4. The van der Waals surface area contributed by atoms with Gasteiger partial charge in [-0.3, -0.25) is 4.90 Å². The van der Waals surface area contributed by atoms with Crippen LogP contribution >= 0.6 is 0 Å². The SMILES string of the molecule is Cc1ccc(C(=O)O)c(-n2nnnc2-c2ccccc2Cc2cc(O)cc(N3C[C@@H](C)N(Cc4ccccc4)C[C@@H]3C)c2)c1. The highest BCUT2D eigenvalue weighted by molar-refractivity contribution is 5.92. The lowest BCUT2D eigenvalue weighted by Crippen LogP contribution is -2.56. The van der Waals surface area contributed by atoms with Gasteiger partial charge in [0.25, 0.3) is 0 Å². The summed E-state index contributed by atoms with van der Waals surface area (Å²) in [5.41, 5.74) is 6.43. The van der Waals surface area contributed by atoms with Crippen LogP contribution in [0.25, 0.3) is 17.1 Å². The highest BCUT2D eigenvalue weighted by Crippen LogP contribution is 2.32. The minimum atomic E-state index is -1.05. The molecule has 6 rings (SSSR count). The van der Waals surface area contributed by atoms with Gasteiger partial charge in [-0.05, 0) is 84.1 Å². The Morgan fingerprint density at radius 3 is 2.45 bits per heavy atom. The zero-order valence-corrected chi connectivity index (χ0v) is 25.1. The summed E-state index contributed by atoms with van der Waals surface area (Å²) in [5.74, 6) is -0.380. The van der Waals surface area contributed by atoms with Crippen molar-refractivity contribution in [3.8, 4) is 22.8 Å². The van der Waals surface area contributed by atoms with Gasteiger partial charge in [0.05, 0.1) is 11.3 Å². The minimum absolute atomic E-state index is 0.117. The summed E-state index contributed by atoms with van der Waals surface area (Å²) in [6.45, 7) is 9.08. The number of nitrogens with zero attached hydrogens (tertiary/aromatic N) is 6. The molecule has 5 aromatic rings. The first-order valence-electron chi connectivity index (χ1n) is 14.9. The van der Waals surface area contributed by atoms with Gasteiger partial charge in [-0.25, -0.2) is 4.79 Å². The molecule has 0 spiro atoms. The van der Waals surface area contributed by atoms with Gasteiger partial charge in [0.2, 0.25) is 0 Å². The van der Waals surface area contributed by atoms with E-state index in [1.54, 1.807) is 24.3 Å². The molecule has 1 aliphatic heterocycles. The molecular weight excluding hydrogens is 552 g/mol. The van der Waals surface area contributed by atoms with Crippen molar-refractivity contribution in [1.82, 2.24) is 25.1 Å². The van der Waals surface area contributed by atoms with Crippen LogP contribution in [-0.4, -0.2) is 66.5 Å². The number of carbonyl (C=O) groups is 1. The van der Waals surface area contributed by atoms with Gasteiger partial charge in [-0.1, -0.05) is 60.7 Å². The van der Waals surface area contributed by atoms with Crippen molar-refractivity contribution < 1.29 is 15.0 Å². The molecule has 9 heteroatoms. The van der Waals surface area contributed by atoms with Crippen LogP contribution < -0.4 is 4.90 Å². The zero-order chi connectivity index (χ0) is 30.8. The molecule has 2 atom stereocenters. The quantitative estimate of drug-likeness (QED) is 0.237. The van der Waals surface area contributed by atoms with Crippen LogP contribution in [0.3, 0.4) is 0 Å². The van der Waals surface area contributed by atoms with Gasteiger partial charge in [0.15, 0.2) is 5.82 Å². The molecule has 0 bridgehead atoms. The van der Waals surface area contributed by atoms with Crippen LogP contribution in [0, 0.1) is 6.92 Å². The van der Waals surface area contributed by atoms with Gasteiger partial charge >= 0.3 is 5.97 Å². The van der Waals surface area contributed by atoms with Gasteiger partial charge in [-0.15, -0.1) is 5.10 Å². The van der Waals surface area contributed by atoms with E-state index >= 15 is 0 Å². The Morgan fingerprint density at radius 1 is 0.886 bits per heavy atom. The van der Waals surface area contributed by atoms with Crippen LogP contribution in [0.15, 0.2) is 91.0 Å². The predicted molar refractivity (Wildman–Crippen MR) is 170 cm³/mol. The standard InChI is InChI=1S/C35H36N6O3/c1-23-13-14-32(35(43)44)33(15-23)41-34(36-37-38-41)31-12-8-7-11-28(31)16-27-17-29(19-30(42)18-27)40-21-24(2)39(20-25(40)3)22-26-9-5-4-6-10-26/h4-15,17-19,24-25,42H,16,20-22H2,1-3H3,(H,43,44)/t24-,25+/m1/s1. The van der Waals surface area contributed by atoms with E-state index in [1.165, 1.54) is 10.2 Å². The van der Waals surface area contributed by atoms with Crippen LogP contribution in [0.2, 0.25) is 0 Å². The molecule has 1 aliphatic rings. The number of aromatic hydroxyl groups is 1. The van der Waals surface area contributed by atoms with E-state index < -0.39 is 5.97 Å². The zero-order valence-electron chi connectivity index (χ0n) is 25.1. The highest BCUT2D eigenvalue weighted by Gasteiger charge is 2.29. The number of tetrazole rings is 1. The van der Waals surface area contributed by atoms with E-state index in [0.717, 1.165) is 47.6 Å². The number of phenols is 1. The second-order valence-corrected chi connectivity index (χ2v) is 11.7. The molecule has 0 radical (unpaired) electrons. The number of rotatable bonds is 8. The largest absolute Gasteiger partial charge is 0.508 e. The second kappa shape index (κ2) is 12.3.